The summed E-state index contributed by atoms with van der Waals surface area (Å²) in [6.45, 7) is 0. The Kier molecular flexibility index (Phi) is 2.10. The molecule has 0 saturated heterocycles. The first-order valence-corrected chi connectivity index (χ1v) is 5.96. The standard InChI is InChI=1S/C8H12Br2O/c9-7(10)8(11)4-5-1-2-6(8)3-5/h5-7,11H,1-4H2/t5-,6+,8-/m0/s1. The van der Waals surface area contributed by atoms with E-state index in [0.717, 1.165) is 12.3 Å². The zero-order valence-electron chi connectivity index (χ0n) is 6.26. The second-order valence-electron chi connectivity index (χ2n) is 3.87. The highest BCUT2D eigenvalue weighted by molar-refractivity contribution is 9.24. The number of hydrogen-bond acceptors (Lipinski definition) is 1. The van der Waals surface area contributed by atoms with Crippen molar-refractivity contribution in [2.24, 2.45) is 11.8 Å². The van der Waals surface area contributed by atoms with E-state index in [1.54, 1.807) is 0 Å². The third kappa shape index (κ3) is 1.20. The second-order valence-corrected chi connectivity index (χ2v) is 6.93. The molecule has 0 spiro atoms. The Labute approximate surface area is 83.8 Å². The van der Waals surface area contributed by atoms with E-state index in [-0.39, 0.29) is 3.74 Å². The lowest BCUT2D eigenvalue weighted by Crippen LogP contribution is -2.40. The molecule has 1 nitrogen and oxygen atoms in total. The van der Waals surface area contributed by atoms with Gasteiger partial charge in [-0.25, -0.2) is 0 Å². The van der Waals surface area contributed by atoms with E-state index in [1.165, 1.54) is 19.3 Å². The summed E-state index contributed by atoms with van der Waals surface area (Å²) >= 11 is 6.85. The smallest absolute Gasteiger partial charge is 0.0986 e. The predicted molar refractivity (Wildman–Crippen MR) is 52.0 cm³/mol. The quantitative estimate of drug-likeness (QED) is 0.734. The normalized spacial score (nSPS) is 49.1. The summed E-state index contributed by atoms with van der Waals surface area (Å²) in [5, 5.41) is 10.2. The van der Waals surface area contributed by atoms with E-state index in [0.29, 0.717) is 5.92 Å². The Hall–Kier alpha value is 0.920. The van der Waals surface area contributed by atoms with Gasteiger partial charge in [-0.05, 0) is 37.5 Å². The summed E-state index contributed by atoms with van der Waals surface area (Å²) in [4.78, 5) is 0. The van der Waals surface area contributed by atoms with Gasteiger partial charge in [-0.2, -0.15) is 0 Å². The van der Waals surface area contributed by atoms with Gasteiger partial charge in [-0.3, -0.25) is 0 Å². The molecule has 3 heteroatoms. The van der Waals surface area contributed by atoms with Gasteiger partial charge in [-0.1, -0.05) is 31.9 Å². The third-order valence-corrected chi connectivity index (χ3v) is 4.83. The molecule has 2 rings (SSSR count). The lowest BCUT2D eigenvalue weighted by atomic mass is 9.86. The van der Waals surface area contributed by atoms with Crippen molar-refractivity contribution in [3.05, 3.63) is 0 Å². The summed E-state index contributed by atoms with van der Waals surface area (Å²) < 4.78 is 0.0813. The second kappa shape index (κ2) is 2.71. The minimum Gasteiger partial charge on any atom is -0.388 e. The van der Waals surface area contributed by atoms with Gasteiger partial charge in [0.1, 0.15) is 0 Å². The number of fused-ring (bicyclic) bond motifs is 2. The van der Waals surface area contributed by atoms with Gasteiger partial charge in [0.05, 0.1) is 9.34 Å². The molecule has 2 bridgehead atoms. The van der Waals surface area contributed by atoms with Crippen molar-refractivity contribution in [2.75, 3.05) is 0 Å². The molecule has 0 radical (unpaired) electrons. The van der Waals surface area contributed by atoms with Crippen LogP contribution in [0.25, 0.3) is 0 Å². The molecule has 64 valence electrons. The van der Waals surface area contributed by atoms with Crippen LogP contribution in [0.2, 0.25) is 0 Å². The summed E-state index contributed by atoms with van der Waals surface area (Å²) in [7, 11) is 0. The Morgan fingerprint density at radius 1 is 1.36 bits per heavy atom. The number of halogens is 2. The Morgan fingerprint density at radius 2 is 2.09 bits per heavy atom. The van der Waals surface area contributed by atoms with Crippen LogP contribution in [-0.4, -0.2) is 14.4 Å². The first kappa shape index (κ1) is 8.52. The molecule has 0 aromatic rings. The predicted octanol–water partition coefficient (Wildman–Crippen LogP) is 2.65. The summed E-state index contributed by atoms with van der Waals surface area (Å²) in [6, 6.07) is 0. The highest BCUT2D eigenvalue weighted by Crippen LogP contribution is 2.54. The summed E-state index contributed by atoms with van der Waals surface area (Å²) in [6.07, 6.45) is 4.78. The maximum Gasteiger partial charge on any atom is 0.0986 e. The number of aliphatic hydroxyl groups is 1. The van der Waals surface area contributed by atoms with E-state index in [1.807, 2.05) is 0 Å². The molecule has 2 aliphatic rings. The van der Waals surface area contributed by atoms with Crippen LogP contribution in [0, 0.1) is 11.8 Å². The average molecular weight is 284 g/mol. The van der Waals surface area contributed by atoms with E-state index < -0.39 is 5.60 Å². The maximum atomic E-state index is 10.2. The zero-order chi connectivity index (χ0) is 8.06. The molecule has 3 atom stereocenters. The maximum absolute atomic E-state index is 10.2. The molecule has 1 N–H and O–H groups in total. The van der Waals surface area contributed by atoms with Crippen molar-refractivity contribution in [2.45, 2.75) is 35.0 Å². The molecule has 0 aromatic heterocycles. The van der Waals surface area contributed by atoms with E-state index in [4.69, 9.17) is 0 Å². The zero-order valence-corrected chi connectivity index (χ0v) is 9.44. The largest absolute Gasteiger partial charge is 0.388 e. The first-order valence-electron chi connectivity index (χ1n) is 4.13. The molecular formula is C8H12Br2O. The van der Waals surface area contributed by atoms with E-state index in [2.05, 4.69) is 31.9 Å². The van der Waals surface area contributed by atoms with Crippen LogP contribution in [-0.2, 0) is 0 Å². The van der Waals surface area contributed by atoms with Crippen molar-refractivity contribution in [1.82, 2.24) is 0 Å². The van der Waals surface area contributed by atoms with Gasteiger partial charge in [0, 0.05) is 0 Å². The lowest BCUT2D eigenvalue weighted by Gasteiger charge is -2.33. The Balaban J connectivity index is 2.16. The number of rotatable bonds is 1. The van der Waals surface area contributed by atoms with Gasteiger partial charge >= 0.3 is 0 Å². The third-order valence-electron chi connectivity index (χ3n) is 3.24. The molecule has 11 heavy (non-hydrogen) atoms. The van der Waals surface area contributed by atoms with Crippen LogP contribution in [0.5, 0.6) is 0 Å². The SMILES string of the molecule is O[C@@]1(C(Br)Br)C[C@H]2CC[C@@H]1C2. The number of hydrogen-bond donors (Lipinski definition) is 1. The Morgan fingerprint density at radius 3 is 2.36 bits per heavy atom. The van der Waals surface area contributed by atoms with Crippen molar-refractivity contribution >= 4 is 31.9 Å². The molecule has 0 amide bonds. The van der Waals surface area contributed by atoms with Crippen molar-refractivity contribution in [3.8, 4) is 0 Å². The number of alkyl halides is 2. The molecule has 0 heterocycles. The van der Waals surface area contributed by atoms with Crippen molar-refractivity contribution < 1.29 is 5.11 Å². The van der Waals surface area contributed by atoms with Crippen LogP contribution in [0.15, 0.2) is 0 Å². The molecule has 0 aliphatic heterocycles. The summed E-state index contributed by atoms with van der Waals surface area (Å²) in [5.74, 6) is 1.33. The van der Waals surface area contributed by atoms with Crippen LogP contribution in [0.4, 0.5) is 0 Å². The van der Waals surface area contributed by atoms with E-state index >= 15 is 0 Å². The van der Waals surface area contributed by atoms with Gasteiger partial charge < -0.3 is 5.11 Å². The fraction of sp³-hybridized carbons (Fsp3) is 1.00. The summed E-state index contributed by atoms with van der Waals surface area (Å²) in [5.41, 5.74) is -0.455. The van der Waals surface area contributed by atoms with Gasteiger partial charge in [0.2, 0.25) is 0 Å². The van der Waals surface area contributed by atoms with Crippen LogP contribution < -0.4 is 0 Å². The van der Waals surface area contributed by atoms with E-state index in [9.17, 15) is 5.11 Å². The van der Waals surface area contributed by atoms with Crippen molar-refractivity contribution in [1.29, 1.82) is 0 Å². The highest BCUT2D eigenvalue weighted by atomic mass is 79.9. The van der Waals surface area contributed by atoms with Gasteiger partial charge in [-0.15, -0.1) is 0 Å². The minimum absolute atomic E-state index is 0.0813. The fourth-order valence-electron chi connectivity index (χ4n) is 2.61. The highest BCUT2D eigenvalue weighted by Gasteiger charge is 2.52. The topological polar surface area (TPSA) is 20.2 Å². The fourth-order valence-corrected chi connectivity index (χ4v) is 3.73. The molecular weight excluding hydrogens is 272 g/mol. The Bertz CT molecular complexity index is 171. The van der Waals surface area contributed by atoms with Crippen LogP contribution >= 0.6 is 31.9 Å². The molecule has 2 aliphatic carbocycles. The molecule has 2 fully saturated rings. The lowest BCUT2D eigenvalue weighted by molar-refractivity contribution is 0.00544. The minimum atomic E-state index is -0.455. The first-order chi connectivity index (χ1) is 5.13. The molecule has 2 saturated carbocycles. The molecule has 0 aromatic carbocycles. The van der Waals surface area contributed by atoms with Crippen LogP contribution in [0.1, 0.15) is 25.7 Å². The van der Waals surface area contributed by atoms with Crippen LogP contribution in [0.3, 0.4) is 0 Å². The average Bonchev–Trinajstić information content (AvgIpc) is 2.45. The van der Waals surface area contributed by atoms with Crippen molar-refractivity contribution in [3.63, 3.8) is 0 Å². The molecule has 0 unspecified atom stereocenters. The van der Waals surface area contributed by atoms with Gasteiger partial charge in [0.15, 0.2) is 0 Å². The monoisotopic (exact) mass is 282 g/mol. The van der Waals surface area contributed by atoms with Gasteiger partial charge in [0.25, 0.3) is 0 Å².